The van der Waals surface area contributed by atoms with Crippen LogP contribution in [-0.2, 0) is 14.4 Å². The second kappa shape index (κ2) is 6.18. The van der Waals surface area contributed by atoms with Crippen molar-refractivity contribution in [2.45, 2.75) is 19.3 Å². The molecular weight excluding hydrogens is 258 g/mol. The van der Waals surface area contributed by atoms with Crippen LogP contribution in [0, 0.1) is 0 Å². The third kappa shape index (κ3) is 3.34. The minimum atomic E-state index is -0.475. The van der Waals surface area contributed by atoms with Crippen LogP contribution in [0.4, 0.5) is 5.69 Å². The molecule has 20 heavy (non-hydrogen) atoms. The van der Waals surface area contributed by atoms with E-state index in [0.29, 0.717) is 18.8 Å². The van der Waals surface area contributed by atoms with Crippen molar-refractivity contribution in [2.75, 3.05) is 18.4 Å². The predicted octanol–water partition coefficient (Wildman–Crippen LogP) is 0.365. The molecule has 2 rings (SSSR count). The van der Waals surface area contributed by atoms with Crippen molar-refractivity contribution in [3.8, 4) is 0 Å². The van der Waals surface area contributed by atoms with Crippen LogP contribution in [0.5, 0.6) is 0 Å². The van der Waals surface area contributed by atoms with Crippen molar-refractivity contribution >= 4 is 23.4 Å². The van der Waals surface area contributed by atoms with Crippen LogP contribution in [0.3, 0.4) is 0 Å². The van der Waals surface area contributed by atoms with E-state index >= 15 is 0 Å². The molecule has 3 amide bonds. The van der Waals surface area contributed by atoms with Gasteiger partial charge in [0.2, 0.25) is 17.7 Å². The van der Waals surface area contributed by atoms with E-state index in [1.165, 1.54) is 6.92 Å². The summed E-state index contributed by atoms with van der Waals surface area (Å²) < 4.78 is 0. The first-order chi connectivity index (χ1) is 9.58. The highest BCUT2D eigenvalue weighted by atomic mass is 16.2. The topological polar surface area (TPSA) is 87.3 Å². The summed E-state index contributed by atoms with van der Waals surface area (Å²) in [6, 6.07) is 7.28. The number of hydrogen-bond donors (Lipinski definition) is 3. The van der Waals surface area contributed by atoms with Gasteiger partial charge >= 0.3 is 0 Å². The van der Waals surface area contributed by atoms with Gasteiger partial charge in [-0.05, 0) is 11.6 Å². The Kier molecular flexibility index (Phi) is 4.34. The van der Waals surface area contributed by atoms with E-state index in [-0.39, 0.29) is 24.1 Å². The first kappa shape index (κ1) is 14.0. The first-order valence-corrected chi connectivity index (χ1v) is 6.49. The van der Waals surface area contributed by atoms with E-state index in [1.807, 2.05) is 18.2 Å². The van der Waals surface area contributed by atoms with Crippen LogP contribution in [-0.4, -0.2) is 30.8 Å². The van der Waals surface area contributed by atoms with E-state index in [4.69, 9.17) is 0 Å². The molecule has 6 heteroatoms. The van der Waals surface area contributed by atoms with Gasteiger partial charge < -0.3 is 16.0 Å². The van der Waals surface area contributed by atoms with Crippen molar-refractivity contribution in [1.29, 1.82) is 0 Å². The molecule has 0 saturated heterocycles. The molecule has 1 heterocycles. The monoisotopic (exact) mass is 275 g/mol. The van der Waals surface area contributed by atoms with Crippen molar-refractivity contribution in [3.05, 3.63) is 29.8 Å². The maximum atomic E-state index is 12.1. The van der Waals surface area contributed by atoms with Gasteiger partial charge in [-0.15, -0.1) is 0 Å². The Morgan fingerprint density at radius 1 is 1.25 bits per heavy atom. The highest BCUT2D eigenvalue weighted by molar-refractivity contribution is 6.01. The second-order valence-corrected chi connectivity index (χ2v) is 4.67. The smallest absolute Gasteiger partial charge is 0.228 e. The van der Waals surface area contributed by atoms with Gasteiger partial charge in [-0.25, -0.2) is 0 Å². The Balaban J connectivity index is 1.99. The Hall–Kier alpha value is -2.37. The number of para-hydroxylation sites is 1. The molecule has 106 valence electrons. The van der Waals surface area contributed by atoms with Crippen LogP contribution in [0.1, 0.15) is 24.8 Å². The average molecular weight is 275 g/mol. The molecule has 0 bridgehead atoms. The Labute approximate surface area is 116 Å². The third-order valence-corrected chi connectivity index (χ3v) is 3.11. The maximum absolute atomic E-state index is 12.1. The summed E-state index contributed by atoms with van der Waals surface area (Å²) in [5.74, 6) is -0.970. The van der Waals surface area contributed by atoms with E-state index in [2.05, 4.69) is 16.0 Å². The quantitative estimate of drug-likeness (QED) is 0.694. The number of rotatable bonds is 4. The molecule has 3 N–H and O–H groups in total. The number of carbonyl (C=O) groups is 3. The zero-order chi connectivity index (χ0) is 14.5. The van der Waals surface area contributed by atoms with E-state index in [0.717, 1.165) is 5.56 Å². The predicted molar refractivity (Wildman–Crippen MR) is 74.1 cm³/mol. The van der Waals surface area contributed by atoms with Crippen molar-refractivity contribution < 1.29 is 14.4 Å². The van der Waals surface area contributed by atoms with Gasteiger partial charge in [-0.1, -0.05) is 18.2 Å². The average Bonchev–Trinajstić information content (AvgIpc) is 2.42. The largest absolute Gasteiger partial charge is 0.355 e. The molecule has 6 nitrogen and oxygen atoms in total. The van der Waals surface area contributed by atoms with Gasteiger partial charge in [0.25, 0.3) is 0 Å². The lowest BCUT2D eigenvalue weighted by Gasteiger charge is -2.24. The molecule has 1 atom stereocenters. The number of hydrogen-bond acceptors (Lipinski definition) is 3. The zero-order valence-electron chi connectivity index (χ0n) is 11.2. The second-order valence-electron chi connectivity index (χ2n) is 4.67. The van der Waals surface area contributed by atoms with E-state index in [9.17, 15) is 14.4 Å². The Morgan fingerprint density at radius 3 is 2.70 bits per heavy atom. The summed E-state index contributed by atoms with van der Waals surface area (Å²) in [6.45, 7) is 2.14. The van der Waals surface area contributed by atoms with Crippen LogP contribution >= 0.6 is 0 Å². The summed E-state index contributed by atoms with van der Waals surface area (Å²) >= 11 is 0. The first-order valence-electron chi connectivity index (χ1n) is 6.49. The molecule has 1 aromatic carbocycles. The molecule has 1 aliphatic heterocycles. The molecule has 0 saturated carbocycles. The van der Waals surface area contributed by atoms with Crippen LogP contribution < -0.4 is 16.0 Å². The molecule has 0 fully saturated rings. The number of fused-ring (bicyclic) bond motifs is 1. The molecular formula is C14H17N3O3. The SMILES string of the molecule is CC(=O)NCCNC(=O)C1CC(=O)Nc2ccccc21. The van der Waals surface area contributed by atoms with Crippen molar-refractivity contribution in [3.63, 3.8) is 0 Å². The van der Waals surface area contributed by atoms with Gasteiger partial charge in [-0.2, -0.15) is 0 Å². The standard InChI is InChI=1S/C14H17N3O3/c1-9(18)15-6-7-16-14(20)11-8-13(19)17-12-5-3-2-4-10(11)12/h2-5,11H,6-8H2,1H3,(H,15,18)(H,16,20)(H,17,19). The molecule has 0 aromatic heterocycles. The number of anilines is 1. The molecule has 1 aromatic rings. The number of benzene rings is 1. The highest BCUT2D eigenvalue weighted by Gasteiger charge is 2.29. The summed E-state index contributed by atoms with van der Waals surface area (Å²) in [7, 11) is 0. The fourth-order valence-corrected chi connectivity index (χ4v) is 2.19. The Bertz CT molecular complexity index is 542. The number of carbonyl (C=O) groups excluding carboxylic acids is 3. The minimum absolute atomic E-state index is 0.137. The summed E-state index contributed by atoms with van der Waals surface area (Å²) in [4.78, 5) is 34.5. The van der Waals surface area contributed by atoms with E-state index < -0.39 is 5.92 Å². The molecule has 1 aliphatic rings. The minimum Gasteiger partial charge on any atom is -0.355 e. The van der Waals surface area contributed by atoms with Gasteiger partial charge in [0.1, 0.15) is 0 Å². The van der Waals surface area contributed by atoms with Gasteiger partial charge in [-0.3, -0.25) is 14.4 Å². The van der Waals surface area contributed by atoms with Crippen molar-refractivity contribution in [1.82, 2.24) is 10.6 Å². The lowest BCUT2D eigenvalue weighted by atomic mass is 9.90. The van der Waals surface area contributed by atoms with Gasteiger partial charge in [0.05, 0.1) is 5.92 Å². The Morgan fingerprint density at radius 2 is 1.95 bits per heavy atom. The molecule has 0 radical (unpaired) electrons. The summed E-state index contributed by atoms with van der Waals surface area (Å²) in [5, 5.41) is 8.09. The summed E-state index contributed by atoms with van der Waals surface area (Å²) in [5.41, 5.74) is 1.51. The molecule has 0 spiro atoms. The third-order valence-electron chi connectivity index (χ3n) is 3.11. The fourth-order valence-electron chi connectivity index (χ4n) is 2.19. The van der Waals surface area contributed by atoms with Crippen LogP contribution in [0.25, 0.3) is 0 Å². The van der Waals surface area contributed by atoms with Crippen LogP contribution in [0.15, 0.2) is 24.3 Å². The fraction of sp³-hybridized carbons (Fsp3) is 0.357. The maximum Gasteiger partial charge on any atom is 0.228 e. The highest BCUT2D eigenvalue weighted by Crippen LogP contribution is 2.31. The lowest BCUT2D eigenvalue weighted by Crippen LogP contribution is -2.38. The van der Waals surface area contributed by atoms with Crippen LogP contribution in [0.2, 0.25) is 0 Å². The molecule has 0 aliphatic carbocycles. The lowest BCUT2D eigenvalue weighted by molar-refractivity contribution is -0.126. The van der Waals surface area contributed by atoms with E-state index in [1.54, 1.807) is 6.07 Å². The van der Waals surface area contributed by atoms with Gasteiger partial charge in [0, 0.05) is 32.1 Å². The van der Waals surface area contributed by atoms with Crippen molar-refractivity contribution in [2.24, 2.45) is 0 Å². The normalized spacial score (nSPS) is 16.9. The zero-order valence-corrected chi connectivity index (χ0v) is 11.2. The molecule has 1 unspecified atom stereocenters. The number of nitrogens with one attached hydrogen (secondary N) is 3. The summed E-state index contributed by atoms with van der Waals surface area (Å²) in [6.07, 6.45) is 0.142. The van der Waals surface area contributed by atoms with Gasteiger partial charge in [0.15, 0.2) is 0 Å². The number of amides is 3.